The van der Waals surface area contributed by atoms with Crippen LogP contribution in [-0.4, -0.2) is 13.1 Å². The van der Waals surface area contributed by atoms with Gasteiger partial charge in [0.1, 0.15) is 0 Å². The van der Waals surface area contributed by atoms with Crippen LogP contribution in [-0.2, 0) is 0 Å². The molecule has 0 aliphatic heterocycles. The highest BCUT2D eigenvalue weighted by atomic mass is 14.5. The summed E-state index contributed by atoms with van der Waals surface area (Å²) >= 11 is 0. The lowest BCUT2D eigenvalue weighted by molar-refractivity contribution is 0.556. The van der Waals surface area contributed by atoms with Crippen LogP contribution in [0.15, 0.2) is 0 Å². The molecule has 0 atom stereocenters. The standard InChI is InChI=1S/C6H15N2/c1-6(2-4-7)3-5-8/h6H,1-5,7-8H2. The van der Waals surface area contributed by atoms with Gasteiger partial charge in [-0.05, 0) is 31.8 Å². The van der Waals surface area contributed by atoms with E-state index in [0.717, 1.165) is 25.9 Å². The van der Waals surface area contributed by atoms with Crippen molar-refractivity contribution in [2.24, 2.45) is 17.4 Å². The van der Waals surface area contributed by atoms with Gasteiger partial charge in [-0.2, -0.15) is 0 Å². The van der Waals surface area contributed by atoms with Crippen LogP contribution in [0.1, 0.15) is 12.8 Å². The Morgan fingerprint density at radius 2 is 1.50 bits per heavy atom. The fourth-order valence-electron chi connectivity index (χ4n) is 0.616. The van der Waals surface area contributed by atoms with E-state index in [2.05, 4.69) is 6.92 Å². The minimum atomic E-state index is 0.463. The van der Waals surface area contributed by atoms with E-state index in [1.165, 1.54) is 0 Å². The molecule has 0 aliphatic carbocycles. The maximum absolute atomic E-state index is 5.28. The Balaban J connectivity index is 2.92. The number of hydrogen-bond acceptors (Lipinski definition) is 2. The predicted molar refractivity (Wildman–Crippen MR) is 36.2 cm³/mol. The van der Waals surface area contributed by atoms with Gasteiger partial charge in [-0.25, -0.2) is 0 Å². The van der Waals surface area contributed by atoms with Crippen LogP contribution < -0.4 is 11.5 Å². The summed E-state index contributed by atoms with van der Waals surface area (Å²) in [6.07, 6.45) is 1.99. The fraction of sp³-hybridized carbons (Fsp3) is 0.833. The van der Waals surface area contributed by atoms with Crippen molar-refractivity contribution in [1.82, 2.24) is 0 Å². The smallest absolute Gasteiger partial charge is 0.00746 e. The monoisotopic (exact) mass is 115 g/mol. The SMILES string of the molecule is [CH2]C(CCN)CCN. The summed E-state index contributed by atoms with van der Waals surface area (Å²) in [5.74, 6) is 0.463. The lowest BCUT2D eigenvalue weighted by Gasteiger charge is -2.05. The maximum Gasteiger partial charge on any atom is -0.00746 e. The van der Waals surface area contributed by atoms with Crippen molar-refractivity contribution in [1.29, 1.82) is 0 Å². The van der Waals surface area contributed by atoms with E-state index in [0.29, 0.717) is 5.92 Å². The summed E-state index contributed by atoms with van der Waals surface area (Å²) in [5.41, 5.74) is 10.6. The molecule has 2 nitrogen and oxygen atoms in total. The van der Waals surface area contributed by atoms with Crippen LogP contribution in [0.2, 0.25) is 0 Å². The quantitative estimate of drug-likeness (QED) is 0.547. The highest BCUT2D eigenvalue weighted by Gasteiger charge is 1.96. The van der Waals surface area contributed by atoms with Crippen LogP contribution >= 0.6 is 0 Å². The summed E-state index contributed by atoms with van der Waals surface area (Å²) in [6.45, 7) is 5.32. The topological polar surface area (TPSA) is 52.0 Å². The maximum atomic E-state index is 5.28. The molecule has 0 saturated heterocycles. The van der Waals surface area contributed by atoms with Gasteiger partial charge in [-0.1, -0.05) is 6.92 Å². The van der Waals surface area contributed by atoms with E-state index in [1.54, 1.807) is 0 Å². The first-order chi connectivity index (χ1) is 3.81. The molecular formula is C6H15N2. The van der Waals surface area contributed by atoms with Gasteiger partial charge in [-0.15, -0.1) is 0 Å². The minimum Gasteiger partial charge on any atom is -0.330 e. The molecule has 4 N–H and O–H groups in total. The normalized spacial score (nSPS) is 10.5. The third-order valence-corrected chi connectivity index (χ3v) is 1.15. The van der Waals surface area contributed by atoms with E-state index >= 15 is 0 Å². The van der Waals surface area contributed by atoms with Crippen molar-refractivity contribution >= 4 is 0 Å². The Labute approximate surface area is 51.2 Å². The average Bonchev–Trinajstić information content (AvgIpc) is 1.68. The highest BCUT2D eigenvalue weighted by Crippen LogP contribution is 2.02. The molecule has 0 amide bonds. The zero-order valence-corrected chi connectivity index (χ0v) is 5.27. The highest BCUT2D eigenvalue weighted by molar-refractivity contribution is 4.61. The Morgan fingerprint density at radius 3 is 1.75 bits per heavy atom. The summed E-state index contributed by atoms with van der Waals surface area (Å²) in [4.78, 5) is 0. The number of nitrogens with two attached hydrogens (primary N) is 2. The van der Waals surface area contributed by atoms with Crippen molar-refractivity contribution in [2.75, 3.05) is 13.1 Å². The largest absolute Gasteiger partial charge is 0.330 e. The molecule has 0 rings (SSSR count). The van der Waals surface area contributed by atoms with Gasteiger partial charge in [0.05, 0.1) is 0 Å². The summed E-state index contributed by atoms with van der Waals surface area (Å²) in [6, 6.07) is 0. The van der Waals surface area contributed by atoms with Gasteiger partial charge >= 0.3 is 0 Å². The first-order valence-electron chi connectivity index (χ1n) is 3.04. The molecule has 0 unspecified atom stereocenters. The zero-order valence-electron chi connectivity index (χ0n) is 5.27. The van der Waals surface area contributed by atoms with Crippen LogP contribution in [0, 0.1) is 12.8 Å². The molecule has 8 heavy (non-hydrogen) atoms. The molecule has 0 aromatic rings. The van der Waals surface area contributed by atoms with Gasteiger partial charge < -0.3 is 11.5 Å². The Kier molecular flexibility index (Phi) is 5.01. The zero-order chi connectivity index (χ0) is 6.41. The van der Waals surface area contributed by atoms with E-state index in [-0.39, 0.29) is 0 Å². The van der Waals surface area contributed by atoms with Crippen molar-refractivity contribution in [2.45, 2.75) is 12.8 Å². The molecule has 0 saturated carbocycles. The van der Waals surface area contributed by atoms with Crippen LogP contribution in [0.3, 0.4) is 0 Å². The third kappa shape index (κ3) is 4.09. The second-order valence-corrected chi connectivity index (χ2v) is 2.02. The number of hydrogen-bond donors (Lipinski definition) is 2. The molecule has 49 valence electrons. The molecule has 0 spiro atoms. The molecular weight excluding hydrogens is 100 g/mol. The lowest BCUT2D eigenvalue weighted by Crippen LogP contribution is -2.10. The second-order valence-electron chi connectivity index (χ2n) is 2.02. The van der Waals surface area contributed by atoms with E-state index in [1.807, 2.05) is 0 Å². The molecule has 0 heterocycles. The molecule has 0 fully saturated rings. The van der Waals surface area contributed by atoms with Crippen LogP contribution in [0.5, 0.6) is 0 Å². The lowest BCUT2D eigenvalue weighted by atomic mass is 10.0. The fourth-order valence-corrected chi connectivity index (χ4v) is 0.616. The van der Waals surface area contributed by atoms with Crippen molar-refractivity contribution in [3.63, 3.8) is 0 Å². The first-order valence-corrected chi connectivity index (χ1v) is 3.04. The van der Waals surface area contributed by atoms with Gasteiger partial charge in [0.15, 0.2) is 0 Å². The number of rotatable bonds is 4. The first kappa shape index (κ1) is 7.92. The van der Waals surface area contributed by atoms with E-state index in [4.69, 9.17) is 11.5 Å². The summed E-state index contributed by atoms with van der Waals surface area (Å²) in [7, 11) is 0. The molecule has 2 heteroatoms. The molecule has 0 aliphatic rings. The molecule has 0 bridgehead atoms. The minimum absolute atomic E-state index is 0.463. The Hall–Kier alpha value is -0.0800. The second kappa shape index (κ2) is 5.06. The molecule has 0 aromatic carbocycles. The van der Waals surface area contributed by atoms with E-state index in [9.17, 15) is 0 Å². The third-order valence-electron chi connectivity index (χ3n) is 1.15. The van der Waals surface area contributed by atoms with Gasteiger partial charge in [-0.3, -0.25) is 0 Å². The van der Waals surface area contributed by atoms with Gasteiger partial charge in [0, 0.05) is 0 Å². The van der Waals surface area contributed by atoms with Crippen LogP contribution in [0.4, 0.5) is 0 Å². The van der Waals surface area contributed by atoms with Crippen molar-refractivity contribution in [3.05, 3.63) is 6.92 Å². The molecule has 0 aromatic heterocycles. The van der Waals surface area contributed by atoms with Crippen LogP contribution in [0.25, 0.3) is 0 Å². The van der Waals surface area contributed by atoms with E-state index < -0.39 is 0 Å². The van der Waals surface area contributed by atoms with Crippen molar-refractivity contribution < 1.29 is 0 Å². The van der Waals surface area contributed by atoms with Gasteiger partial charge in [0.25, 0.3) is 0 Å². The average molecular weight is 115 g/mol. The predicted octanol–water partition coefficient (Wildman–Crippen LogP) is 0.134. The van der Waals surface area contributed by atoms with Gasteiger partial charge in [0.2, 0.25) is 0 Å². The summed E-state index contributed by atoms with van der Waals surface area (Å²) in [5, 5.41) is 0. The van der Waals surface area contributed by atoms with Crippen molar-refractivity contribution in [3.8, 4) is 0 Å². The summed E-state index contributed by atoms with van der Waals surface area (Å²) < 4.78 is 0. The Morgan fingerprint density at radius 1 is 1.12 bits per heavy atom. The Bertz CT molecular complexity index is 39.8. The molecule has 1 radical (unpaired) electrons.